The number of aromatic nitrogens is 1. The maximum Gasteiger partial charge on any atom is 0.234 e. The molecule has 1 N–H and O–H groups in total. The first kappa shape index (κ1) is 20.5. The zero-order chi connectivity index (χ0) is 20.8. The summed E-state index contributed by atoms with van der Waals surface area (Å²) in [5.41, 5.74) is 2.73. The molecule has 7 nitrogen and oxygen atoms in total. The van der Waals surface area contributed by atoms with Crippen molar-refractivity contribution in [3.05, 3.63) is 65.5 Å². The molecule has 1 aromatic carbocycles. The molecule has 2 aliphatic rings. The van der Waals surface area contributed by atoms with Gasteiger partial charge in [-0.3, -0.25) is 19.6 Å². The van der Waals surface area contributed by atoms with Gasteiger partial charge >= 0.3 is 0 Å². The fraction of sp³-hybridized carbons (Fsp3) is 0.435. The monoisotopic (exact) mass is 405 g/mol. The second-order valence-electron chi connectivity index (χ2n) is 7.99. The number of morpholine rings is 2. The van der Waals surface area contributed by atoms with E-state index >= 15 is 0 Å². The Hall–Kier alpha value is -2.79. The first-order valence-electron chi connectivity index (χ1n) is 10.4. The number of fused-ring (bicyclic) bond motifs is 2. The summed E-state index contributed by atoms with van der Waals surface area (Å²) in [7, 11) is 0. The summed E-state index contributed by atoms with van der Waals surface area (Å²) in [4.78, 5) is 21.4. The summed E-state index contributed by atoms with van der Waals surface area (Å²) >= 11 is 0. The molecular formula is C23H27N5O2. The van der Waals surface area contributed by atoms with Crippen LogP contribution in [0.2, 0.25) is 0 Å². The van der Waals surface area contributed by atoms with Gasteiger partial charge in [-0.05, 0) is 29.8 Å². The average Bonchev–Trinajstić information content (AvgIpc) is 2.77. The number of pyridine rings is 1. The minimum atomic E-state index is 0.0198. The molecule has 0 radical (unpaired) electrons. The normalized spacial score (nSPS) is 21.7. The summed E-state index contributed by atoms with van der Waals surface area (Å²) in [6.45, 7) is 5.20. The van der Waals surface area contributed by atoms with E-state index < -0.39 is 0 Å². The Labute approximate surface area is 177 Å². The lowest BCUT2D eigenvalue weighted by Gasteiger charge is -2.45. The van der Waals surface area contributed by atoms with Gasteiger partial charge in [-0.25, -0.2) is 0 Å². The Kier molecular flexibility index (Phi) is 6.70. The molecule has 4 rings (SSSR count). The molecule has 2 bridgehead atoms. The van der Waals surface area contributed by atoms with E-state index in [1.165, 1.54) is 0 Å². The minimum absolute atomic E-state index is 0.0198. The van der Waals surface area contributed by atoms with Gasteiger partial charge in [-0.1, -0.05) is 18.2 Å². The molecule has 1 amide bonds. The molecule has 7 heteroatoms. The van der Waals surface area contributed by atoms with Crippen LogP contribution in [0.15, 0.2) is 48.7 Å². The Morgan fingerprint density at radius 3 is 2.50 bits per heavy atom. The largest absolute Gasteiger partial charge is 0.370 e. The van der Waals surface area contributed by atoms with Crippen molar-refractivity contribution < 1.29 is 9.53 Å². The third-order valence-corrected chi connectivity index (χ3v) is 5.58. The van der Waals surface area contributed by atoms with Gasteiger partial charge in [0.1, 0.15) is 0 Å². The van der Waals surface area contributed by atoms with Crippen LogP contribution >= 0.6 is 0 Å². The molecule has 2 aromatic rings. The van der Waals surface area contributed by atoms with E-state index in [2.05, 4.69) is 32.2 Å². The molecule has 2 aliphatic heterocycles. The van der Waals surface area contributed by atoms with Crippen LogP contribution < -0.4 is 5.32 Å². The van der Waals surface area contributed by atoms with Crippen LogP contribution in [0.3, 0.4) is 0 Å². The maximum atomic E-state index is 12.4. The fourth-order valence-electron chi connectivity index (χ4n) is 4.15. The highest BCUT2D eigenvalue weighted by Gasteiger charge is 2.35. The van der Waals surface area contributed by atoms with Gasteiger partial charge in [-0.15, -0.1) is 0 Å². The highest BCUT2D eigenvalue weighted by Crippen LogP contribution is 2.19. The third-order valence-electron chi connectivity index (χ3n) is 5.58. The number of nitrogens with zero attached hydrogens (tertiary/aromatic N) is 4. The Morgan fingerprint density at radius 2 is 1.83 bits per heavy atom. The first-order chi connectivity index (χ1) is 14.7. The molecule has 2 unspecified atom stereocenters. The number of hydrogen-bond donors (Lipinski definition) is 1. The zero-order valence-corrected chi connectivity index (χ0v) is 17.0. The van der Waals surface area contributed by atoms with Crippen molar-refractivity contribution in [1.82, 2.24) is 20.1 Å². The number of carbonyl (C=O) groups excluding carboxylic acids is 1. The summed E-state index contributed by atoms with van der Waals surface area (Å²) in [5.74, 6) is 0.0198. The molecule has 2 atom stereocenters. The maximum absolute atomic E-state index is 12.4. The van der Waals surface area contributed by atoms with Gasteiger partial charge in [0, 0.05) is 57.6 Å². The molecule has 1 aromatic heterocycles. The molecule has 156 valence electrons. The minimum Gasteiger partial charge on any atom is -0.370 e. The van der Waals surface area contributed by atoms with Crippen LogP contribution in [0, 0.1) is 11.3 Å². The van der Waals surface area contributed by atoms with Gasteiger partial charge in [0.2, 0.25) is 5.91 Å². The summed E-state index contributed by atoms with van der Waals surface area (Å²) in [6.07, 6.45) is 3.08. The lowest BCUT2D eigenvalue weighted by Crippen LogP contribution is -2.60. The number of hydrogen-bond acceptors (Lipinski definition) is 6. The highest BCUT2D eigenvalue weighted by atomic mass is 16.5. The second kappa shape index (κ2) is 9.81. The van der Waals surface area contributed by atoms with E-state index in [9.17, 15) is 4.79 Å². The predicted molar refractivity (Wildman–Crippen MR) is 112 cm³/mol. The van der Waals surface area contributed by atoms with Crippen molar-refractivity contribution in [3.63, 3.8) is 0 Å². The van der Waals surface area contributed by atoms with Crippen LogP contribution in [-0.2, 0) is 22.5 Å². The van der Waals surface area contributed by atoms with E-state index in [0.29, 0.717) is 18.7 Å². The van der Waals surface area contributed by atoms with Gasteiger partial charge in [0.25, 0.3) is 0 Å². The van der Waals surface area contributed by atoms with Crippen molar-refractivity contribution in [2.45, 2.75) is 25.2 Å². The van der Waals surface area contributed by atoms with Gasteiger partial charge in [-0.2, -0.15) is 5.26 Å². The SMILES string of the molecule is N#Cc1ccc(CNC(=O)CN2CC3CN(CCc4ccccn4)CC(C2)O3)cc1. The second-order valence-corrected chi connectivity index (χ2v) is 7.99. The number of nitrogens with one attached hydrogen (secondary N) is 1. The van der Waals surface area contributed by atoms with E-state index in [0.717, 1.165) is 50.4 Å². The smallest absolute Gasteiger partial charge is 0.234 e. The highest BCUT2D eigenvalue weighted by molar-refractivity contribution is 5.78. The number of amides is 1. The predicted octanol–water partition coefficient (Wildman–Crippen LogP) is 1.20. The van der Waals surface area contributed by atoms with E-state index in [1.54, 1.807) is 12.1 Å². The van der Waals surface area contributed by atoms with Crippen molar-refractivity contribution in [3.8, 4) is 6.07 Å². The van der Waals surface area contributed by atoms with E-state index in [4.69, 9.17) is 10.00 Å². The van der Waals surface area contributed by atoms with Crippen molar-refractivity contribution >= 4 is 5.91 Å². The quantitative estimate of drug-likeness (QED) is 0.746. The van der Waals surface area contributed by atoms with Crippen LogP contribution in [-0.4, -0.2) is 72.2 Å². The average molecular weight is 406 g/mol. The zero-order valence-electron chi connectivity index (χ0n) is 17.0. The lowest BCUT2D eigenvalue weighted by atomic mass is 10.1. The molecule has 2 fully saturated rings. The Bertz CT molecular complexity index is 867. The van der Waals surface area contributed by atoms with Gasteiger partial charge < -0.3 is 10.1 Å². The van der Waals surface area contributed by atoms with Crippen molar-refractivity contribution in [2.24, 2.45) is 0 Å². The van der Waals surface area contributed by atoms with E-state index in [-0.39, 0.29) is 18.1 Å². The molecule has 0 saturated carbocycles. The van der Waals surface area contributed by atoms with Gasteiger partial charge in [0.15, 0.2) is 0 Å². The lowest BCUT2D eigenvalue weighted by molar-refractivity contribution is -0.144. The molecule has 2 saturated heterocycles. The summed E-state index contributed by atoms with van der Waals surface area (Å²) in [6, 6.07) is 15.4. The topological polar surface area (TPSA) is 81.5 Å². The number of rotatable bonds is 7. The van der Waals surface area contributed by atoms with Crippen LogP contribution in [0.1, 0.15) is 16.8 Å². The Morgan fingerprint density at radius 1 is 1.10 bits per heavy atom. The number of ether oxygens (including phenoxy) is 1. The summed E-state index contributed by atoms with van der Waals surface area (Å²) < 4.78 is 6.11. The van der Waals surface area contributed by atoms with Crippen LogP contribution in [0.25, 0.3) is 0 Å². The first-order valence-corrected chi connectivity index (χ1v) is 10.4. The number of carbonyl (C=O) groups is 1. The number of nitriles is 1. The third kappa shape index (κ3) is 5.63. The standard InChI is InChI=1S/C23H27N5O2/c24-11-18-4-6-19(7-5-18)12-26-23(29)17-28-15-21-13-27(14-22(16-28)30-21)10-8-20-3-1-2-9-25-20/h1-7,9,21-22H,8,10,12-17H2,(H,26,29). The molecule has 3 heterocycles. The van der Waals surface area contributed by atoms with E-state index in [1.807, 2.05) is 30.5 Å². The van der Waals surface area contributed by atoms with Crippen LogP contribution in [0.4, 0.5) is 0 Å². The van der Waals surface area contributed by atoms with Crippen molar-refractivity contribution in [1.29, 1.82) is 5.26 Å². The Balaban J connectivity index is 1.20. The molecule has 30 heavy (non-hydrogen) atoms. The van der Waals surface area contributed by atoms with Crippen molar-refractivity contribution in [2.75, 3.05) is 39.3 Å². The molecular weight excluding hydrogens is 378 g/mol. The van der Waals surface area contributed by atoms with Gasteiger partial charge in [0.05, 0.1) is 30.4 Å². The summed E-state index contributed by atoms with van der Waals surface area (Å²) in [5, 5.41) is 11.8. The number of benzene rings is 1. The molecule has 0 aliphatic carbocycles. The fourth-order valence-corrected chi connectivity index (χ4v) is 4.15. The van der Waals surface area contributed by atoms with Crippen LogP contribution in [0.5, 0.6) is 0 Å². The molecule has 0 spiro atoms.